The van der Waals surface area contributed by atoms with E-state index in [1.54, 1.807) is 24.3 Å². The van der Waals surface area contributed by atoms with E-state index in [-0.39, 0.29) is 17.1 Å². The molecule has 0 aliphatic carbocycles. The molecule has 3 N–H and O–H groups in total. The average molecular weight is 295 g/mol. The molecule has 22 heavy (non-hydrogen) atoms. The third-order valence-electron chi connectivity index (χ3n) is 3.08. The van der Waals surface area contributed by atoms with Crippen LogP contribution in [0.3, 0.4) is 0 Å². The molecule has 0 bridgehead atoms. The Morgan fingerprint density at radius 3 is 1.64 bits per heavy atom. The van der Waals surface area contributed by atoms with Crippen molar-refractivity contribution in [3.05, 3.63) is 65.2 Å². The third-order valence-corrected chi connectivity index (χ3v) is 3.08. The van der Waals surface area contributed by atoms with E-state index in [0.717, 1.165) is 0 Å². The first-order valence-electron chi connectivity index (χ1n) is 6.45. The van der Waals surface area contributed by atoms with Crippen LogP contribution in [0.4, 0.5) is 0 Å². The predicted molar refractivity (Wildman–Crippen MR) is 80.1 cm³/mol. The van der Waals surface area contributed by atoms with Crippen molar-refractivity contribution >= 4 is 11.5 Å². The fraction of sp³-hybridized carbons (Fsp3) is 0.0588. The number of benzene rings is 2. The van der Waals surface area contributed by atoms with Crippen LogP contribution in [0.2, 0.25) is 0 Å². The average Bonchev–Trinajstić information content (AvgIpc) is 2.49. The maximum atomic E-state index is 11.0. The number of aliphatic carboxylic acids is 1. The summed E-state index contributed by atoms with van der Waals surface area (Å²) >= 11 is 0. The summed E-state index contributed by atoms with van der Waals surface area (Å²) in [5.74, 6) is -0.956. The van der Waals surface area contributed by atoms with E-state index in [1.807, 2.05) is 6.07 Å². The van der Waals surface area contributed by atoms with Crippen LogP contribution in [0.15, 0.2) is 54.1 Å². The molecule has 0 radical (unpaired) electrons. The summed E-state index contributed by atoms with van der Waals surface area (Å²) < 4.78 is 0. The second kappa shape index (κ2) is 6.46. The third kappa shape index (κ3) is 3.44. The van der Waals surface area contributed by atoms with E-state index in [1.165, 1.54) is 24.3 Å². The quantitative estimate of drug-likeness (QED) is 0.753. The van der Waals surface area contributed by atoms with Gasteiger partial charge in [0.25, 0.3) is 0 Å². The van der Waals surface area contributed by atoms with E-state index < -0.39 is 12.4 Å². The number of rotatable bonds is 4. The maximum Gasteiger partial charge on any atom is 0.308 e. The number of carboxylic acid groups (broad SMARTS) is 1. The Labute approximate surface area is 127 Å². The maximum absolute atomic E-state index is 11.0. The molecule has 0 amide bonds. The molecule has 5 nitrogen and oxygen atoms in total. The van der Waals surface area contributed by atoms with Crippen molar-refractivity contribution < 1.29 is 20.1 Å². The molecule has 0 aromatic heterocycles. The minimum absolute atomic E-state index is 0.0746. The van der Waals surface area contributed by atoms with Crippen molar-refractivity contribution in [3.63, 3.8) is 0 Å². The minimum Gasteiger partial charge on any atom is -0.508 e. The van der Waals surface area contributed by atoms with Gasteiger partial charge in [-0.05, 0) is 35.4 Å². The Bertz CT molecular complexity index is 705. The molecular formula is C17H13NO4. The zero-order valence-electron chi connectivity index (χ0n) is 11.5. The topological polar surface area (TPSA) is 102 Å². The molecule has 0 aliphatic rings. The van der Waals surface area contributed by atoms with Crippen molar-refractivity contribution in [2.75, 3.05) is 0 Å². The van der Waals surface area contributed by atoms with Gasteiger partial charge in [-0.2, -0.15) is 5.26 Å². The molecule has 0 unspecified atom stereocenters. The number of nitrogens with zero attached hydrogens (tertiary/aromatic N) is 1. The number of phenolic OH excluding ortho intramolecular Hbond substituents is 2. The molecule has 0 fully saturated rings. The lowest BCUT2D eigenvalue weighted by Gasteiger charge is -2.11. The van der Waals surface area contributed by atoms with Gasteiger partial charge in [0, 0.05) is 11.1 Å². The van der Waals surface area contributed by atoms with E-state index in [9.17, 15) is 20.3 Å². The van der Waals surface area contributed by atoms with Crippen LogP contribution in [0.5, 0.6) is 11.5 Å². The van der Waals surface area contributed by atoms with Gasteiger partial charge >= 0.3 is 5.97 Å². The van der Waals surface area contributed by atoms with E-state index in [2.05, 4.69) is 0 Å². The van der Waals surface area contributed by atoms with Gasteiger partial charge in [-0.25, -0.2) is 0 Å². The molecule has 5 heteroatoms. The lowest BCUT2D eigenvalue weighted by molar-refractivity contribution is -0.136. The first-order valence-corrected chi connectivity index (χ1v) is 6.45. The number of carbonyl (C=O) groups is 1. The van der Waals surface area contributed by atoms with Crippen molar-refractivity contribution in [3.8, 4) is 17.6 Å². The number of carboxylic acids is 1. The highest BCUT2D eigenvalue weighted by molar-refractivity contribution is 5.88. The molecule has 2 aromatic rings. The van der Waals surface area contributed by atoms with E-state index >= 15 is 0 Å². The Balaban J connectivity index is 2.65. The lowest BCUT2D eigenvalue weighted by atomic mass is 9.92. The van der Waals surface area contributed by atoms with Gasteiger partial charge < -0.3 is 15.3 Å². The van der Waals surface area contributed by atoms with Crippen molar-refractivity contribution in [2.24, 2.45) is 0 Å². The van der Waals surface area contributed by atoms with Gasteiger partial charge in [-0.15, -0.1) is 0 Å². The zero-order valence-corrected chi connectivity index (χ0v) is 11.5. The van der Waals surface area contributed by atoms with Crippen molar-refractivity contribution in [1.82, 2.24) is 0 Å². The van der Waals surface area contributed by atoms with Crippen LogP contribution < -0.4 is 0 Å². The highest BCUT2D eigenvalue weighted by atomic mass is 16.4. The summed E-state index contributed by atoms with van der Waals surface area (Å²) in [5.41, 5.74) is 1.79. The molecule has 0 saturated heterocycles. The van der Waals surface area contributed by atoms with Gasteiger partial charge in [-0.3, -0.25) is 4.79 Å². The van der Waals surface area contributed by atoms with E-state index in [0.29, 0.717) is 16.7 Å². The number of hydrogen-bond donors (Lipinski definition) is 3. The van der Waals surface area contributed by atoms with Crippen LogP contribution in [-0.4, -0.2) is 21.3 Å². The predicted octanol–water partition coefficient (Wildman–Crippen LogP) is 2.90. The zero-order chi connectivity index (χ0) is 16.1. The van der Waals surface area contributed by atoms with Gasteiger partial charge in [0.1, 0.15) is 11.5 Å². The summed E-state index contributed by atoms with van der Waals surface area (Å²) in [5, 5.41) is 37.0. The monoisotopic (exact) mass is 295 g/mol. The number of hydrogen-bond acceptors (Lipinski definition) is 4. The molecule has 0 heterocycles. The lowest BCUT2D eigenvalue weighted by Crippen LogP contribution is -2.00. The summed E-state index contributed by atoms with van der Waals surface area (Å²) in [6.07, 6.45) is -0.409. The summed E-state index contributed by atoms with van der Waals surface area (Å²) in [6, 6.07) is 14.2. The molecule has 0 saturated carbocycles. The number of nitriles is 1. The first kappa shape index (κ1) is 15.1. The number of aromatic hydroxyl groups is 2. The molecule has 0 aliphatic heterocycles. The molecule has 0 atom stereocenters. The van der Waals surface area contributed by atoms with Gasteiger partial charge in [0.15, 0.2) is 0 Å². The SMILES string of the molecule is N#CC(CC(=O)O)=C(c1ccc(O)cc1)c1ccc(O)cc1. The minimum atomic E-state index is -1.10. The molecule has 2 aromatic carbocycles. The summed E-state index contributed by atoms with van der Waals surface area (Å²) in [4.78, 5) is 11.0. The van der Waals surface area contributed by atoms with Gasteiger partial charge in [0.05, 0.1) is 12.5 Å². The van der Waals surface area contributed by atoms with Crippen molar-refractivity contribution in [2.45, 2.75) is 6.42 Å². The molecule has 0 spiro atoms. The van der Waals surface area contributed by atoms with Crippen LogP contribution in [0, 0.1) is 11.3 Å². The first-order chi connectivity index (χ1) is 10.5. The molecular weight excluding hydrogens is 282 g/mol. The fourth-order valence-corrected chi connectivity index (χ4v) is 2.11. The largest absolute Gasteiger partial charge is 0.508 e. The van der Waals surface area contributed by atoms with Crippen LogP contribution in [-0.2, 0) is 4.79 Å². The van der Waals surface area contributed by atoms with Gasteiger partial charge in [-0.1, -0.05) is 24.3 Å². The van der Waals surface area contributed by atoms with Crippen LogP contribution in [0.1, 0.15) is 17.5 Å². The summed E-state index contributed by atoms with van der Waals surface area (Å²) in [7, 11) is 0. The highest BCUT2D eigenvalue weighted by Crippen LogP contribution is 2.30. The Morgan fingerprint density at radius 2 is 1.32 bits per heavy atom. The standard InChI is InChI=1S/C17H13NO4/c18-10-13(9-16(21)22)17(11-1-5-14(19)6-2-11)12-3-7-15(20)8-4-12/h1-8,19-20H,9H2,(H,21,22). The summed E-state index contributed by atoms with van der Waals surface area (Å²) in [6.45, 7) is 0. The van der Waals surface area contributed by atoms with Gasteiger partial charge in [0.2, 0.25) is 0 Å². The van der Waals surface area contributed by atoms with E-state index in [4.69, 9.17) is 5.11 Å². The highest BCUT2D eigenvalue weighted by Gasteiger charge is 2.15. The fourth-order valence-electron chi connectivity index (χ4n) is 2.11. The normalized spacial score (nSPS) is 9.77. The molecule has 110 valence electrons. The number of phenols is 2. The second-order valence-electron chi connectivity index (χ2n) is 4.63. The molecule has 2 rings (SSSR count). The smallest absolute Gasteiger partial charge is 0.308 e. The Morgan fingerprint density at radius 1 is 0.909 bits per heavy atom. The Hall–Kier alpha value is -3.26. The van der Waals surface area contributed by atoms with Crippen LogP contribution in [0.25, 0.3) is 5.57 Å². The van der Waals surface area contributed by atoms with Crippen molar-refractivity contribution in [1.29, 1.82) is 5.26 Å². The van der Waals surface area contributed by atoms with Crippen LogP contribution >= 0.6 is 0 Å². The second-order valence-corrected chi connectivity index (χ2v) is 4.63. The Kier molecular flexibility index (Phi) is 4.44.